The molecule has 3 N–H and O–H groups in total. The topological polar surface area (TPSA) is 63.8 Å². The number of nitrogens with two attached hydrogens (primary N) is 1. The van der Waals surface area contributed by atoms with E-state index in [9.17, 15) is 0 Å². The summed E-state index contributed by atoms with van der Waals surface area (Å²) in [5.41, 5.74) is 9.51. The van der Waals surface area contributed by atoms with Crippen molar-refractivity contribution in [2.75, 3.05) is 5.73 Å². The van der Waals surface area contributed by atoms with Crippen LogP contribution in [0.3, 0.4) is 0 Å². The van der Waals surface area contributed by atoms with Crippen LogP contribution in [0.4, 0.5) is 5.82 Å². The molecular formula is C14H16N4. The van der Waals surface area contributed by atoms with Gasteiger partial charge in [-0.05, 0) is 12.5 Å². The van der Waals surface area contributed by atoms with Gasteiger partial charge in [0.2, 0.25) is 0 Å². The first-order valence-corrected chi connectivity index (χ1v) is 5.71. The molecule has 0 saturated carbocycles. The fourth-order valence-corrected chi connectivity index (χ4v) is 1.54. The van der Waals surface area contributed by atoms with Gasteiger partial charge >= 0.3 is 0 Å². The molecule has 0 aliphatic heterocycles. The van der Waals surface area contributed by atoms with Gasteiger partial charge in [-0.15, -0.1) is 0 Å². The average Bonchev–Trinajstić information content (AvgIpc) is 2.38. The molecule has 4 nitrogen and oxygen atoms in total. The molecule has 1 heterocycles. The van der Waals surface area contributed by atoms with Gasteiger partial charge in [0.05, 0.1) is 11.4 Å². The van der Waals surface area contributed by atoms with Crippen LogP contribution in [0.15, 0.2) is 43.2 Å². The molecule has 0 atom stereocenters. The lowest BCUT2D eigenvalue weighted by atomic mass is 10.1. The fraction of sp³-hybridized carbons (Fsp3) is 0.143. The lowest BCUT2D eigenvalue weighted by Crippen LogP contribution is -2.12. The summed E-state index contributed by atoms with van der Waals surface area (Å²) in [4.78, 5) is 7.96. The van der Waals surface area contributed by atoms with Crippen LogP contribution in [0, 0.1) is 6.92 Å². The summed E-state index contributed by atoms with van der Waals surface area (Å²) in [7, 11) is 0. The van der Waals surface area contributed by atoms with E-state index in [1.165, 1.54) is 17.5 Å². The zero-order valence-electron chi connectivity index (χ0n) is 10.4. The minimum Gasteiger partial charge on any atom is -0.384 e. The van der Waals surface area contributed by atoms with Gasteiger partial charge in [0.25, 0.3) is 0 Å². The summed E-state index contributed by atoms with van der Waals surface area (Å²) >= 11 is 0. The minimum absolute atomic E-state index is 0.443. The van der Waals surface area contributed by atoms with E-state index in [0.29, 0.717) is 12.4 Å². The monoisotopic (exact) mass is 240 g/mol. The number of nitrogens with zero attached hydrogens (tertiary/aromatic N) is 2. The van der Waals surface area contributed by atoms with Crippen LogP contribution < -0.4 is 11.1 Å². The van der Waals surface area contributed by atoms with Crippen LogP contribution in [0.2, 0.25) is 0 Å². The molecule has 1 aromatic carbocycles. The van der Waals surface area contributed by atoms with Crippen molar-refractivity contribution < 1.29 is 0 Å². The lowest BCUT2D eigenvalue weighted by Gasteiger charge is -2.09. The van der Waals surface area contributed by atoms with Gasteiger partial charge in [-0.3, -0.25) is 0 Å². The standard InChI is InChI=1S/C14H16N4/c1-10-3-5-12(6-4-10)8-16-11(2)13-7-14(15)18-9-17-13/h3-7,9,16H,2,8H2,1H3,(H2,15,17,18). The highest BCUT2D eigenvalue weighted by Gasteiger charge is 2.01. The van der Waals surface area contributed by atoms with Crippen LogP contribution in [0.25, 0.3) is 5.70 Å². The largest absolute Gasteiger partial charge is 0.384 e. The third kappa shape index (κ3) is 3.07. The van der Waals surface area contributed by atoms with Gasteiger partial charge in [0.15, 0.2) is 0 Å². The molecule has 0 aliphatic rings. The van der Waals surface area contributed by atoms with Gasteiger partial charge in [-0.2, -0.15) is 0 Å². The maximum Gasteiger partial charge on any atom is 0.127 e. The molecule has 1 aromatic heterocycles. The van der Waals surface area contributed by atoms with E-state index in [1.54, 1.807) is 6.07 Å². The van der Waals surface area contributed by atoms with Crippen molar-refractivity contribution in [2.45, 2.75) is 13.5 Å². The summed E-state index contributed by atoms with van der Waals surface area (Å²) in [5.74, 6) is 0.443. The Balaban J connectivity index is 1.98. The molecule has 0 saturated heterocycles. The average molecular weight is 240 g/mol. The van der Waals surface area contributed by atoms with E-state index in [1.807, 2.05) is 0 Å². The van der Waals surface area contributed by atoms with Gasteiger partial charge in [0, 0.05) is 12.6 Å². The summed E-state index contributed by atoms with van der Waals surface area (Å²) in [5, 5.41) is 3.22. The van der Waals surface area contributed by atoms with E-state index in [2.05, 4.69) is 53.1 Å². The van der Waals surface area contributed by atoms with Crippen molar-refractivity contribution in [2.24, 2.45) is 0 Å². The normalized spacial score (nSPS) is 10.1. The number of hydrogen-bond donors (Lipinski definition) is 2. The Labute approximate surface area is 107 Å². The van der Waals surface area contributed by atoms with Crippen molar-refractivity contribution in [3.63, 3.8) is 0 Å². The van der Waals surface area contributed by atoms with E-state index >= 15 is 0 Å². The second-order valence-corrected chi connectivity index (χ2v) is 4.15. The van der Waals surface area contributed by atoms with E-state index < -0.39 is 0 Å². The summed E-state index contributed by atoms with van der Waals surface area (Å²) in [6.07, 6.45) is 1.43. The summed E-state index contributed by atoms with van der Waals surface area (Å²) in [6.45, 7) is 6.72. The molecule has 92 valence electrons. The SMILES string of the molecule is C=C(NCc1ccc(C)cc1)c1cc(N)ncn1. The highest BCUT2D eigenvalue weighted by molar-refractivity contribution is 5.60. The number of nitrogen functional groups attached to an aromatic ring is 1. The highest BCUT2D eigenvalue weighted by atomic mass is 14.9. The van der Waals surface area contributed by atoms with Gasteiger partial charge in [0.1, 0.15) is 12.1 Å². The van der Waals surface area contributed by atoms with Gasteiger partial charge in [-0.25, -0.2) is 9.97 Å². The first kappa shape index (κ1) is 12.1. The number of anilines is 1. The van der Waals surface area contributed by atoms with E-state index in [0.717, 1.165) is 11.4 Å². The third-order valence-electron chi connectivity index (χ3n) is 2.62. The van der Waals surface area contributed by atoms with Crippen molar-refractivity contribution in [1.29, 1.82) is 0 Å². The molecule has 4 heteroatoms. The summed E-state index contributed by atoms with van der Waals surface area (Å²) in [6, 6.07) is 10.0. The third-order valence-corrected chi connectivity index (χ3v) is 2.62. The van der Waals surface area contributed by atoms with Crippen LogP contribution >= 0.6 is 0 Å². The zero-order valence-corrected chi connectivity index (χ0v) is 10.4. The van der Waals surface area contributed by atoms with Crippen LogP contribution in [0.1, 0.15) is 16.8 Å². The molecule has 2 aromatic rings. The maximum absolute atomic E-state index is 5.60. The van der Waals surface area contributed by atoms with Crippen LogP contribution in [-0.4, -0.2) is 9.97 Å². The second-order valence-electron chi connectivity index (χ2n) is 4.15. The number of nitrogens with one attached hydrogen (secondary N) is 1. The highest BCUT2D eigenvalue weighted by Crippen LogP contribution is 2.09. The Morgan fingerprint density at radius 2 is 2.00 bits per heavy atom. The molecule has 0 fully saturated rings. The van der Waals surface area contributed by atoms with Crippen molar-refractivity contribution in [3.05, 3.63) is 60.1 Å². The fourth-order valence-electron chi connectivity index (χ4n) is 1.54. The quantitative estimate of drug-likeness (QED) is 0.859. The van der Waals surface area contributed by atoms with Crippen molar-refractivity contribution in [3.8, 4) is 0 Å². The molecule has 0 aliphatic carbocycles. The second kappa shape index (κ2) is 5.31. The number of aryl methyl sites for hydroxylation is 1. The molecule has 0 radical (unpaired) electrons. The first-order chi connectivity index (χ1) is 8.65. The van der Waals surface area contributed by atoms with Crippen molar-refractivity contribution >= 4 is 11.5 Å². The summed E-state index contributed by atoms with van der Waals surface area (Å²) < 4.78 is 0. The molecule has 18 heavy (non-hydrogen) atoms. The molecule has 0 unspecified atom stereocenters. The Hall–Kier alpha value is -2.36. The molecule has 0 bridgehead atoms. The zero-order chi connectivity index (χ0) is 13.0. The Kier molecular flexibility index (Phi) is 3.57. The molecule has 0 amide bonds. The number of hydrogen-bond acceptors (Lipinski definition) is 4. The molecule has 0 spiro atoms. The number of benzene rings is 1. The van der Waals surface area contributed by atoms with E-state index in [4.69, 9.17) is 5.73 Å². The number of rotatable bonds is 4. The Morgan fingerprint density at radius 1 is 1.28 bits per heavy atom. The smallest absolute Gasteiger partial charge is 0.127 e. The predicted molar refractivity (Wildman–Crippen MR) is 73.5 cm³/mol. The number of aromatic nitrogens is 2. The van der Waals surface area contributed by atoms with Crippen LogP contribution in [-0.2, 0) is 6.54 Å². The molecule has 2 rings (SSSR count). The Morgan fingerprint density at radius 3 is 2.67 bits per heavy atom. The molecular weight excluding hydrogens is 224 g/mol. The van der Waals surface area contributed by atoms with E-state index in [-0.39, 0.29) is 0 Å². The predicted octanol–water partition coefficient (Wildman–Crippen LogP) is 2.13. The lowest BCUT2D eigenvalue weighted by molar-refractivity contribution is 0.883. The van der Waals surface area contributed by atoms with Crippen LogP contribution in [0.5, 0.6) is 0 Å². The first-order valence-electron chi connectivity index (χ1n) is 5.71. The minimum atomic E-state index is 0.443. The van der Waals surface area contributed by atoms with Gasteiger partial charge in [-0.1, -0.05) is 36.4 Å². The van der Waals surface area contributed by atoms with Crippen molar-refractivity contribution in [1.82, 2.24) is 15.3 Å². The van der Waals surface area contributed by atoms with Gasteiger partial charge < -0.3 is 11.1 Å². The maximum atomic E-state index is 5.60. The Bertz CT molecular complexity index is 546.